The number of amides is 1. The van der Waals surface area contributed by atoms with Crippen molar-refractivity contribution >= 4 is 17.5 Å². The van der Waals surface area contributed by atoms with E-state index in [1.54, 1.807) is 6.07 Å². The Hall–Kier alpha value is -1.97. The summed E-state index contributed by atoms with van der Waals surface area (Å²) in [5, 5.41) is 8.59. The summed E-state index contributed by atoms with van der Waals surface area (Å²) >= 11 is 6.09. The second kappa shape index (κ2) is 8.15. The summed E-state index contributed by atoms with van der Waals surface area (Å²) in [4.78, 5) is 16.5. The molecule has 1 aromatic rings. The molecule has 138 valence electrons. The summed E-state index contributed by atoms with van der Waals surface area (Å²) in [6, 6.07) is 4.47. The monoisotopic (exact) mass is 376 g/mol. The molecule has 0 aromatic heterocycles. The zero-order valence-corrected chi connectivity index (χ0v) is 15.4. The van der Waals surface area contributed by atoms with Gasteiger partial charge in [-0.05, 0) is 17.7 Å². The van der Waals surface area contributed by atoms with Crippen molar-refractivity contribution in [3.05, 3.63) is 34.6 Å². The molecule has 0 aliphatic carbocycles. The summed E-state index contributed by atoms with van der Waals surface area (Å²) in [6.45, 7) is 3.58. The van der Waals surface area contributed by atoms with Crippen LogP contribution in [0.15, 0.2) is 28.4 Å². The van der Waals surface area contributed by atoms with Gasteiger partial charge in [-0.2, -0.15) is 10.2 Å². The first-order valence-electron chi connectivity index (χ1n) is 8.83. The molecule has 2 aliphatic heterocycles. The van der Waals surface area contributed by atoms with Crippen LogP contribution in [0.25, 0.3) is 0 Å². The van der Waals surface area contributed by atoms with E-state index < -0.39 is 5.66 Å². The SMILES string of the molecule is C#CCCC1(CCC(=O)N2CCN(Cc3ccc(F)cc3Cl)CC2)N=N1. The minimum absolute atomic E-state index is 0.141. The molecule has 0 bridgehead atoms. The first-order valence-corrected chi connectivity index (χ1v) is 9.21. The van der Waals surface area contributed by atoms with Crippen LogP contribution in [-0.4, -0.2) is 47.5 Å². The fourth-order valence-corrected chi connectivity index (χ4v) is 3.41. The molecular formula is C19H22ClFN4O. The Morgan fingerprint density at radius 3 is 2.62 bits per heavy atom. The van der Waals surface area contributed by atoms with E-state index in [2.05, 4.69) is 21.0 Å². The lowest BCUT2D eigenvalue weighted by Crippen LogP contribution is -2.48. The molecule has 0 atom stereocenters. The van der Waals surface area contributed by atoms with Crippen molar-refractivity contribution in [1.29, 1.82) is 0 Å². The maximum atomic E-state index is 13.1. The third kappa shape index (κ3) is 4.80. The van der Waals surface area contributed by atoms with Gasteiger partial charge in [0, 0.05) is 63.4 Å². The van der Waals surface area contributed by atoms with E-state index in [-0.39, 0.29) is 11.7 Å². The minimum atomic E-state index is -0.400. The van der Waals surface area contributed by atoms with Gasteiger partial charge in [-0.15, -0.1) is 12.3 Å². The van der Waals surface area contributed by atoms with Gasteiger partial charge >= 0.3 is 0 Å². The predicted molar refractivity (Wildman–Crippen MR) is 98.2 cm³/mol. The molecule has 1 aromatic carbocycles. The third-order valence-corrected chi connectivity index (χ3v) is 5.28. The van der Waals surface area contributed by atoms with Crippen molar-refractivity contribution in [3.63, 3.8) is 0 Å². The van der Waals surface area contributed by atoms with Crippen LogP contribution >= 0.6 is 11.6 Å². The molecule has 0 saturated carbocycles. The highest BCUT2D eigenvalue weighted by Gasteiger charge is 2.39. The van der Waals surface area contributed by atoms with Crippen molar-refractivity contribution in [2.45, 2.75) is 37.9 Å². The van der Waals surface area contributed by atoms with E-state index in [0.717, 1.165) is 25.1 Å². The normalized spacial score (nSPS) is 18.6. The quantitative estimate of drug-likeness (QED) is 0.684. The lowest BCUT2D eigenvalue weighted by atomic mass is 10.0. The fraction of sp³-hybridized carbons (Fsp3) is 0.526. The van der Waals surface area contributed by atoms with Crippen LogP contribution in [0.4, 0.5) is 4.39 Å². The first kappa shape index (κ1) is 18.8. The molecule has 26 heavy (non-hydrogen) atoms. The maximum Gasteiger partial charge on any atom is 0.222 e. The Bertz CT molecular complexity index is 732. The second-order valence-corrected chi connectivity index (χ2v) is 7.19. The lowest BCUT2D eigenvalue weighted by Gasteiger charge is -2.35. The molecule has 2 heterocycles. The standard InChI is InChI=1S/C19H22ClFN4O/c1-2-3-7-19(22-23-19)8-6-18(26)25-11-9-24(10-12-25)14-15-4-5-16(21)13-17(15)20/h1,4-5,13H,3,6-12,14H2. The van der Waals surface area contributed by atoms with Crippen LogP contribution in [0.2, 0.25) is 5.02 Å². The van der Waals surface area contributed by atoms with Crippen molar-refractivity contribution in [1.82, 2.24) is 9.80 Å². The van der Waals surface area contributed by atoms with Gasteiger partial charge in [0.2, 0.25) is 5.91 Å². The topological polar surface area (TPSA) is 48.3 Å². The van der Waals surface area contributed by atoms with Gasteiger partial charge in [0.25, 0.3) is 0 Å². The number of nitrogens with zero attached hydrogens (tertiary/aromatic N) is 4. The molecule has 1 fully saturated rings. The Balaban J connectivity index is 1.42. The van der Waals surface area contributed by atoms with Gasteiger partial charge in [0.05, 0.1) is 0 Å². The molecular weight excluding hydrogens is 355 g/mol. The Morgan fingerprint density at radius 2 is 2.00 bits per heavy atom. The Kier molecular flexibility index (Phi) is 5.90. The van der Waals surface area contributed by atoms with Gasteiger partial charge in [0.1, 0.15) is 5.82 Å². The van der Waals surface area contributed by atoms with E-state index in [1.807, 2.05) is 4.90 Å². The average molecular weight is 377 g/mol. The molecule has 0 unspecified atom stereocenters. The lowest BCUT2D eigenvalue weighted by molar-refractivity contribution is -0.133. The van der Waals surface area contributed by atoms with Crippen molar-refractivity contribution in [3.8, 4) is 12.3 Å². The highest BCUT2D eigenvalue weighted by atomic mass is 35.5. The molecule has 1 amide bonds. The van der Waals surface area contributed by atoms with Gasteiger partial charge in [-0.3, -0.25) is 9.69 Å². The minimum Gasteiger partial charge on any atom is -0.340 e. The van der Waals surface area contributed by atoms with E-state index in [9.17, 15) is 9.18 Å². The summed E-state index contributed by atoms with van der Waals surface area (Å²) in [7, 11) is 0. The zero-order chi connectivity index (χ0) is 18.6. The summed E-state index contributed by atoms with van der Waals surface area (Å²) < 4.78 is 13.1. The predicted octanol–water partition coefficient (Wildman–Crippen LogP) is 3.48. The van der Waals surface area contributed by atoms with Crippen LogP contribution in [-0.2, 0) is 11.3 Å². The number of hydrogen-bond acceptors (Lipinski definition) is 4. The van der Waals surface area contributed by atoms with E-state index in [0.29, 0.717) is 43.9 Å². The van der Waals surface area contributed by atoms with Crippen LogP contribution in [0, 0.1) is 18.2 Å². The summed E-state index contributed by atoms with van der Waals surface area (Å²) in [6.07, 6.45) is 7.72. The molecule has 0 spiro atoms. The van der Waals surface area contributed by atoms with Gasteiger partial charge in [-0.25, -0.2) is 4.39 Å². The van der Waals surface area contributed by atoms with Crippen molar-refractivity contribution < 1.29 is 9.18 Å². The zero-order valence-electron chi connectivity index (χ0n) is 14.6. The Labute approximate surface area is 158 Å². The summed E-state index contributed by atoms with van der Waals surface area (Å²) in [5.41, 5.74) is 0.503. The van der Waals surface area contributed by atoms with Crippen LogP contribution in [0.5, 0.6) is 0 Å². The molecule has 7 heteroatoms. The first-order chi connectivity index (χ1) is 12.5. The fourth-order valence-electron chi connectivity index (χ4n) is 3.18. The van der Waals surface area contributed by atoms with Crippen molar-refractivity contribution in [2.75, 3.05) is 26.2 Å². The number of benzene rings is 1. The maximum absolute atomic E-state index is 13.1. The number of rotatable bonds is 7. The number of carbonyl (C=O) groups excluding carboxylic acids is 1. The number of hydrogen-bond donors (Lipinski definition) is 0. The average Bonchev–Trinajstić information content (AvgIpc) is 3.41. The molecule has 5 nitrogen and oxygen atoms in total. The van der Waals surface area contributed by atoms with E-state index in [4.69, 9.17) is 18.0 Å². The van der Waals surface area contributed by atoms with Gasteiger partial charge < -0.3 is 4.90 Å². The molecule has 2 aliphatic rings. The highest BCUT2D eigenvalue weighted by molar-refractivity contribution is 6.31. The number of halogens is 2. The number of terminal acetylenes is 1. The molecule has 3 rings (SSSR count). The number of carbonyl (C=O) groups is 1. The molecule has 0 radical (unpaired) electrons. The van der Waals surface area contributed by atoms with Crippen LogP contribution in [0.1, 0.15) is 31.2 Å². The van der Waals surface area contributed by atoms with Gasteiger partial charge in [-0.1, -0.05) is 17.7 Å². The highest BCUT2D eigenvalue weighted by Crippen LogP contribution is 2.37. The van der Waals surface area contributed by atoms with E-state index >= 15 is 0 Å². The second-order valence-electron chi connectivity index (χ2n) is 6.78. The third-order valence-electron chi connectivity index (χ3n) is 4.93. The van der Waals surface area contributed by atoms with Gasteiger partial charge in [0.15, 0.2) is 5.66 Å². The summed E-state index contributed by atoms with van der Waals surface area (Å²) in [5.74, 6) is 2.41. The smallest absolute Gasteiger partial charge is 0.222 e. The molecule has 1 saturated heterocycles. The van der Waals surface area contributed by atoms with Crippen LogP contribution in [0.3, 0.4) is 0 Å². The van der Waals surface area contributed by atoms with Crippen molar-refractivity contribution in [2.24, 2.45) is 10.2 Å². The Morgan fingerprint density at radius 1 is 1.27 bits per heavy atom. The van der Waals surface area contributed by atoms with E-state index in [1.165, 1.54) is 12.1 Å². The largest absolute Gasteiger partial charge is 0.340 e. The number of piperazine rings is 1. The van der Waals surface area contributed by atoms with Crippen LogP contribution < -0.4 is 0 Å². The molecule has 0 N–H and O–H groups in total.